The summed E-state index contributed by atoms with van der Waals surface area (Å²) >= 11 is 11.6. The fourth-order valence-corrected chi connectivity index (χ4v) is 2.63. The van der Waals surface area contributed by atoms with E-state index in [0.717, 1.165) is 5.52 Å². The summed E-state index contributed by atoms with van der Waals surface area (Å²) in [6.07, 6.45) is 0. The van der Waals surface area contributed by atoms with E-state index in [-0.39, 0.29) is 29.9 Å². The maximum Gasteiger partial charge on any atom is 0.441 e. The second kappa shape index (κ2) is 5.81. The van der Waals surface area contributed by atoms with Crippen LogP contribution in [-0.4, -0.2) is 20.8 Å². The molecule has 0 amide bonds. The Bertz CT molecular complexity index is 583. The van der Waals surface area contributed by atoms with Gasteiger partial charge in [0.2, 0.25) is 0 Å². The van der Waals surface area contributed by atoms with Gasteiger partial charge >= 0.3 is 5.51 Å². The van der Waals surface area contributed by atoms with Crippen LogP contribution in [0.25, 0.3) is 11.0 Å². The van der Waals surface area contributed by atoms with Crippen LogP contribution in [0.5, 0.6) is 0 Å². The van der Waals surface area contributed by atoms with Gasteiger partial charge in [-0.2, -0.15) is 13.2 Å². The number of aryl methyl sites for hydroxylation is 1. The minimum atomic E-state index is -4.22. The Labute approximate surface area is 121 Å². The molecule has 104 valence electrons. The molecule has 1 aromatic carbocycles. The lowest BCUT2D eigenvalue weighted by Crippen LogP contribution is -2.08. The van der Waals surface area contributed by atoms with Gasteiger partial charge in [0.15, 0.2) is 0 Å². The third-order valence-corrected chi connectivity index (χ3v) is 3.68. The van der Waals surface area contributed by atoms with E-state index in [9.17, 15) is 13.2 Å². The van der Waals surface area contributed by atoms with Crippen LogP contribution in [-0.2, 0) is 12.4 Å². The summed E-state index contributed by atoms with van der Waals surface area (Å²) in [7, 11) is 0. The Morgan fingerprint density at radius 1 is 1.32 bits per heavy atom. The third-order valence-electron chi connectivity index (χ3n) is 2.49. The Kier molecular flexibility index (Phi) is 4.53. The van der Waals surface area contributed by atoms with Crippen molar-refractivity contribution in [1.29, 1.82) is 0 Å². The highest BCUT2D eigenvalue weighted by molar-refractivity contribution is 8.00. The fourth-order valence-electron chi connectivity index (χ4n) is 1.76. The minimum absolute atomic E-state index is 0.0551. The highest BCUT2D eigenvalue weighted by Gasteiger charge is 2.27. The summed E-state index contributed by atoms with van der Waals surface area (Å²) in [6.45, 7) is 0.199. The van der Waals surface area contributed by atoms with Crippen molar-refractivity contribution in [2.24, 2.45) is 0 Å². The van der Waals surface area contributed by atoms with Crippen LogP contribution in [0.3, 0.4) is 0 Å². The van der Waals surface area contributed by atoms with Crippen LogP contribution >= 0.6 is 35.0 Å². The van der Waals surface area contributed by atoms with Crippen LogP contribution in [0, 0.1) is 0 Å². The van der Waals surface area contributed by atoms with Crippen LogP contribution < -0.4 is 0 Å². The molecular formula is C11H9Cl2F3N2S. The van der Waals surface area contributed by atoms with Crippen molar-refractivity contribution in [3.05, 3.63) is 29.0 Å². The van der Waals surface area contributed by atoms with Gasteiger partial charge in [0, 0.05) is 17.3 Å². The first-order valence-electron chi connectivity index (χ1n) is 5.32. The first kappa shape index (κ1) is 14.8. The summed E-state index contributed by atoms with van der Waals surface area (Å²) in [4.78, 5) is 4.26. The van der Waals surface area contributed by atoms with E-state index in [4.69, 9.17) is 23.2 Å². The zero-order valence-corrected chi connectivity index (χ0v) is 11.9. The molecule has 0 saturated heterocycles. The van der Waals surface area contributed by atoms with Crippen LogP contribution in [0.1, 0.15) is 5.82 Å². The van der Waals surface area contributed by atoms with Crippen molar-refractivity contribution in [2.45, 2.75) is 17.9 Å². The van der Waals surface area contributed by atoms with Gasteiger partial charge in [-0.05, 0) is 30.0 Å². The van der Waals surface area contributed by atoms with Crippen LogP contribution in [0.2, 0.25) is 5.02 Å². The van der Waals surface area contributed by atoms with E-state index in [0.29, 0.717) is 16.4 Å². The molecule has 0 aliphatic heterocycles. The predicted octanol–water partition coefficient (Wildman–Crippen LogP) is 4.68. The van der Waals surface area contributed by atoms with E-state index in [2.05, 4.69) is 4.98 Å². The lowest BCUT2D eigenvalue weighted by Gasteiger charge is -2.09. The Morgan fingerprint density at radius 2 is 2.05 bits per heavy atom. The molecule has 1 heterocycles. The maximum absolute atomic E-state index is 12.1. The molecule has 0 N–H and O–H groups in total. The number of rotatable bonds is 4. The SMILES string of the molecule is FC(F)(F)SCCn1c(CCl)nc2cc(Cl)ccc21. The number of hydrogen-bond donors (Lipinski definition) is 0. The number of alkyl halides is 4. The van der Waals surface area contributed by atoms with E-state index >= 15 is 0 Å². The topological polar surface area (TPSA) is 17.8 Å². The molecule has 2 aromatic rings. The number of fused-ring (bicyclic) bond motifs is 1. The molecule has 1 aromatic heterocycles. The van der Waals surface area contributed by atoms with Gasteiger partial charge in [-0.15, -0.1) is 11.6 Å². The van der Waals surface area contributed by atoms with Gasteiger partial charge in [0.05, 0.1) is 16.9 Å². The quantitative estimate of drug-likeness (QED) is 0.758. The van der Waals surface area contributed by atoms with Crippen molar-refractivity contribution >= 4 is 46.0 Å². The van der Waals surface area contributed by atoms with Crippen molar-refractivity contribution in [3.8, 4) is 0 Å². The number of halogens is 5. The second-order valence-corrected chi connectivity index (χ2v) is 5.60. The van der Waals surface area contributed by atoms with Crippen molar-refractivity contribution in [2.75, 3.05) is 5.75 Å². The zero-order valence-electron chi connectivity index (χ0n) is 9.55. The summed E-state index contributed by atoms with van der Waals surface area (Å²) < 4.78 is 38.1. The lowest BCUT2D eigenvalue weighted by atomic mass is 10.3. The number of thioether (sulfide) groups is 1. The highest BCUT2D eigenvalue weighted by Crippen LogP contribution is 2.30. The Morgan fingerprint density at radius 3 is 2.68 bits per heavy atom. The molecule has 19 heavy (non-hydrogen) atoms. The van der Waals surface area contributed by atoms with Gasteiger partial charge in [0.25, 0.3) is 0 Å². The number of hydrogen-bond acceptors (Lipinski definition) is 2. The average molecular weight is 329 g/mol. The standard InChI is InChI=1S/C11H9Cl2F3N2S/c12-6-10-17-8-5-7(13)1-2-9(8)18(10)3-4-19-11(14,15)16/h1-2,5H,3-4,6H2. The lowest BCUT2D eigenvalue weighted by molar-refractivity contribution is -0.0328. The third kappa shape index (κ3) is 3.70. The van der Waals surface area contributed by atoms with E-state index in [1.165, 1.54) is 0 Å². The molecule has 0 atom stereocenters. The van der Waals surface area contributed by atoms with Gasteiger partial charge in [-0.25, -0.2) is 4.98 Å². The highest BCUT2D eigenvalue weighted by atomic mass is 35.5. The van der Waals surface area contributed by atoms with E-state index < -0.39 is 5.51 Å². The smallest absolute Gasteiger partial charge is 0.326 e. The maximum atomic E-state index is 12.1. The van der Waals surface area contributed by atoms with Crippen LogP contribution in [0.4, 0.5) is 13.2 Å². The van der Waals surface area contributed by atoms with Crippen molar-refractivity contribution in [1.82, 2.24) is 9.55 Å². The molecule has 2 nitrogen and oxygen atoms in total. The minimum Gasteiger partial charge on any atom is -0.326 e. The normalized spacial score (nSPS) is 12.3. The molecule has 8 heteroatoms. The fraction of sp³-hybridized carbons (Fsp3) is 0.364. The molecule has 0 radical (unpaired) electrons. The van der Waals surface area contributed by atoms with Gasteiger partial charge in [-0.1, -0.05) is 11.6 Å². The molecule has 0 fully saturated rings. The number of nitrogens with zero attached hydrogens (tertiary/aromatic N) is 2. The summed E-state index contributed by atoms with van der Waals surface area (Å²) in [6, 6.07) is 5.08. The second-order valence-electron chi connectivity index (χ2n) is 3.74. The molecular weight excluding hydrogens is 320 g/mol. The van der Waals surface area contributed by atoms with Crippen molar-refractivity contribution < 1.29 is 13.2 Å². The first-order chi connectivity index (χ1) is 8.90. The van der Waals surface area contributed by atoms with E-state index in [1.54, 1.807) is 22.8 Å². The number of aromatic nitrogens is 2. The number of benzene rings is 1. The summed E-state index contributed by atoms with van der Waals surface area (Å²) in [5.74, 6) is 0.603. The molecule has 0 bridgehead atoms. The van der Waals surface area contributed by atoms with Gasteiger partial charge in [-0.3, -0.25) is 0 Å². The van der Waals surface area contributed by atoms with Gasteiger partial charge < -0.3 is 4.57 Å². The van der Waals surface area contributed by atoms with Gasteiger partial charge in [0.1, 0.15) is 5.82 Å². The summed E-state index contributed by atoms with van der Waals surface area (Å²) in [5, 5.41) is 0.530. The van der Waals surface area contributed by atoms with Crippen molar-refractivity contribution in [3.63, 3.8) is 0 Å². The molecule has 2 rings (SSSR count). The molecule has 0 unspecified atom stereocenters. The summed E-state index contributed by atoms with van der Waals surface area (Å²) in [5.41, 5.74) is -2.84. The number of imidazole rings is 1. The van der Waals surface area contributed by atoms with E-state index in [1.807, 2.05) is 0 Å². The Hall–Kier alpha value is -0.590. The average Bonchev–Trinajstić information content (AvgIpc) is 2.65. The predicted molar refractivity (Wildman–Crippen MR) is 72.8 cm³/mol. The largest absolute Gasteiger partial charge is 0.441 e. The molecule has 0 aliphatic rings. The van der Waals surface area contributed by atoms with Crippen LogP contribution in [0.15, 0.2) is 18.2 Å². The Balaban J connectivity index is 2.25. The zero-order chi connectivity index (χ0) is 14.0. The molecule has 0 aliphatic carbocycles. The molecule has 0 saturated carbocycles. The first-order valence-corrected chi connectivity index (χ1v) is 7.22. The molecule has 0 spiro atoms. The monoisotopic (exact) mass is 328 g/mol.